The summed E-state index contributed by atoms with van der Waals surface area (Å²) in [4.78, 5) is 12.5. The van der Waals surface area contributed by atoms with E-state index in [1.807, 2.05) is 0 Å². The van der Waals surface area contributed by atoms with Crippen LogP contribution in [0.2, 0.25) is 0 Å². The van der Waals surface area contributed by atoms with Gasteiger partial charge in [-0.25, -0.2) is 0 Å². The third-order valence-electron chi connectivity index (χ3n) is 3.17. The molecule has 1 aromatic carbocycles. The highest BCUT2D eigenvalue weighted by molar-refractivity contribution is 6.08. The first kappa shape index (κ1) is 13.9. The molecule has 0 aliphatic rings. The Hall–Kier alpha value is -3.02. The molecule has 1 amide bonds. The summed E-state index contributed by atoms with van der Waals surface area (Å²) in [5.74, 6) is 1.24. The second kappa shape index (κ2) is 5.77. The van der Waals surface area contributed by atoms with Crippen LogP contribution in [0.3, 0.4) is 0 Å². The largest absolute Gasteiger partial charge is 0.497 e. The topological polar surface area (TPSA) is 77.5 Å². The number of hydrogen-bond acceptors (Lipinski definition) is 5. The maximum atomic E-state index is 12.5. The number of nitrogens with zero attached hydrogens (tertiary/aromatic N) is 1. The summed E-state index contributed by atoms with van der Waals surface area (Å²) in [5.41, 5.74) is 1.34. The Morgan fingerprint density at radius 2 is 2.14 bits per heavy atom. The van der Waals surface area contributed by atoms with E-state index in [2.05, 4.69) is 10.5 Å². The third kappa shape index (κ3) is 2.58. The second-order valence-corrected chi connectivity index (χ2v) is 4.63. The van der Waals surface area contributed by atoms with Gasteiger partial charge in [-0.2, -0.15) is 0 Å². The van der Waals surface area contributed by atoms with Crippen LogP contribution in [0.1, 0.15) is 16.1 Å². The maximum Gasteiger partial charge on any atom is 0.261 e. The van der Waals surface area contributed by atoms with E-state index in [-0.39, 0.29) is 5.91 Å². The van der Waals surface area contributed by atoms with Gasteiger partial charge >= 0.3 is 0 Å². The molecule has 2 heterocycles. The molecule has 0 radical (unpaired) electrons. The number of nitrogens with one attached hydrogen (secondary N) is 1. The minimum Gasteiger partial charge on any atom is -0.497 e. The van der Waals surface area contributed by atoms with Crippen molar-refractivity contribution < 1.29 is 18.5 Å². The molecule has 6 nitrogen and oxygen atoms in total. The van der Waals surface area contributed by atoms with Crippen LogP contribution in [0.15, 0.2) is 51.6 Å². The highest BCUT2D eigenvalue weighted by atomic mass is 16.5. The number of methoxy groups -OCH3 is 1. The van der Waals surface area contributed by atoms with E-state index < -0.39 is 0 Å². The summed E-state index contributed by atoms with van der Waals surface area (Å²) in [6, 6.07) is 10.5. The molecule has 0 saturated carbocycles. The maximum absolute atomic E-state index is 12.5. The van der Waals surface area contributed by atoms with Crippen molar-refractivity contribution >= 4 is 11.6 Å². The van der Waals surface area contributed by atoms with Gasteiger partial charge in [0, 0.05) is 11.8 Å². The first-order valence-corrected chi connectivity index (χ1v) is 6.64. The summed E-state index contributed by atoms with van der Waals surface area (Å²) < 4.78 is 15.6. The number of ether oxygens (including phenoxy) is 1. The molecular weight excluding hydrogens is 284 g/mol. The van der Waals surface area contributed by atoms with Crippen LogP contribution >= 0.6 is 0 Å². The minimum absolute atomic E-state index is 0.321. The van der Waals surface area contributed by atoms with E-state index in [1.165, 1.54) is 6.26 Å². The van der Waals surface area contributed by atoms with Crippen molar-refractivity contribution in [2.24, 2.45) is 0 Å². The molecule has 1 N–H and O–H groups in total. The third-order valence-corrected chi connectivity index (χ3v) is 3.17. The molecular formula is C16H14N2O4. The average Bonchev–Trinajstić information content (AvgIpc) is 3.16. The lowest BCUT2D eigenvalue weighted by Gasteiger charge is -2.06. The Balaban J connectivity index is 1.91. The average molecular weight is 298 g/mol. The Kier molecular flexibility index (Phi) is 3.65. The number of aromatic nitrogens is 1. The Morgan fingerprint density at radius 3 is 2.86 bits per heavy atom. The monoisotopic (exact) mass is 298 g/mol. The molecule has 0 aliphatic heterocycles. The molecule has 0 fully saturated rings. The second-order valence-electron chi connectivity index (χ2n) is 4.63. The molecule has 3 aromatic rings. The number of carbonyl (C=O) groups excluding carboxylic acids is 1. The zero-order valence-electron chi connectivity index (χ0n) is 12.1. The number of carbonyl (C=O) groups is 1. The summed E-state index contributed by atoms with van der Waals surface area (Å²) in [6.07, 6.45) is 1.52. The quantitative estimate of drug-likeness (QED) is 0.797. The van der Waals surface area contributed by atoms with Gasteiger partial charge < -0.3 is 19.0 Å². The number of furan rings is 1. The van der Waals surface area contributed by atoms with Gasteiger partial charge in [0.2, 0.25) is 0 Å². The fourth-order valence-electron chi connectivity index (χ4n) is 2.12. The zero-order valence-corrected chi connectivity index (χ0v) is 12.1. The van der Waals surface area contributed by atoms with Crippen LogP contribution in [-0.2, 0) is 0 Å². The van der Waals surface area contributed by atoms with E-state index in [0.717, 1.165) is 0 Å². The molecule has 0 unspecified atom stereocenters. The van der Waals surface area contributed by atoms with Crippen molar-refractivity contribution in [1.82, 2.24) is 5.16 Å². The molecule has 0 spiro atoms. The fraction of sp³-hybridized carbons (Fsp3) is 0.125. The predicted octanol–water partition coefficient (Wildman–Crippen LogP) is 3.50. The van der Waals surface area contributed by atoms with Gasteiger partial charge in [-0.05, 0) is 31.2 Å². The van der Waals surface area contributed by atoms with Gasteiger partial charge in [0.25, 0.3) is 5.91 Å². The summed E-state index contributed by atoms with van der Waals surface area (Å²) in [7, 11) is 1.57. The normalized spacial score (nSPS) is 10.5. The van der Waals surface area contributed by atoms with E-state index in [9.17, 15) is 4.79 Å². The number of rotatable bonds is 4. The Morgan fingerprint density at radius 1 is 1.27 bits per heavy atom. The first-order chi connectivity index (χ1) is 10.7. The van der Waals surface area contributed by atoms with E-state index in [1.54, 1.807) is 50.4 Å². The minimum atomic E-state index is -0.321. The number of benzene rings is 1. The lowest BCUT2D eigenvalue weighted by Crippen LogP contribution is -2.13. The number of amides is 1. The smallest absolute Gasteiger partial charge is 0.261 e. The number of hydrogen-bond donors (Lipinski definition) is 1. The van der Waals surface area contributed by atoms with Crippen LogP contribution in [0, 0.1) is 6.92 Å². The van der Waals surface area contributed by atoms with Gasteiger partial charge in [0.1, 0.15) is 17.1 Å². The lowest BCUT2D eigenvalue weighted by molar-refractivity contribution is 0.102. The number of anilines is 1. The van der Waals surface area contributed by atoms with Crippen molar-refractivity contribution in [1.29, 1.82) is 0 Å². The zero-order chi connectivity index (χ0) is 15.5. The summed E-state index contributed by atoms with van der Waals surface area (Å²) in [6.45, 7) is 1.68. The molecule has 0 aliphatic carbocycles. The van der Waals surface area contributed by atoms with Crippen molar-refractivity contribution in [2.75, 3.05) is 12.4 Å². The molecule has 112 valence electrons. The highest BCUT2D eigenvalue weighted by Crippen LogP contribution is 2.27. The standard InChI is InChI=1S/C16H14N2O4/c1-10-14(15(18-22-10)13-7-4-8-21-13)16(19)17-11-5-3-6-12(9-11)20-2/h3-9H,1-2H3,(H,17,19). The summed E-state index contributed by atoms with van der Waals surface area (Å²) in [5, 5.41) is 6.70. The Labute approximate surface area is 126 Å². The van der Waals surface area contributed by atoms with Crippen LogP contribution in [0.25, 0.3) is 11.5 Å². The number of aryl methyl sites for hydroxylation is 1. The van der Waals surface area contributed by atoms with Crippen molar-refractivity contribution in [3.8, 4) is 17.2 Å². The molecule has 2 aromatic heterocycles. The van der Waals surface area contributed by atoms with Crippen molar-refractivity contribution in [3.63, 3.8) is 0 Å². The van der Waals surface area contributed by atoms with E-state index in [0.29, 0.717) is 34.2 Å². The van der Waals surface area contributed by atoms with Crippen LogP contribution in [-0.4, -0.2) is 18.2 Å². The summed E-state index contributed by atoms with van der Waals surface area (Å²) >= 11 is 0. The van der Waals surface area contributed by atoms with Crippen LogP contribution in [0.5, 0.6) is 5.75 Å². The fourth-order valence-corrected chi connectivity index (χ4v) is 2.12. The molecule has 0 atom stereocenters. The van der Waals surface area contributed by atoms with Gasteiger partial charge in [-0.3, -0.25) is 4.79 Å². The SMILES string of the molecule is COc1cccc(NC(=O)c2c(-c3ccco3)noc2C)c1. The lowest BCUT2D eigenvalue weighted by atomic mass is 10.1. The first-order valence-electron chi connectivity index (χ1n) is 6.64. The molecule has 22 heavy (non-hydrogen) atoms. The van der Waals surface area contributed by atoms with Gasteiger partial charge in [0.05, 0.1) is 13.4 Å². The van der Waals surface area contributed by atoms with Crippen LogP contribution in [0.4, 0.5) is 5.69 Å². The van der Waals surface area contributed by atoms with Crippen molar-refractivity contribution in [2.45, 2.75) is 6.92 Å². The highest BCUT2D eigenvalue weighted by Gasteiger charge is 2.23. The molecule has 6 heteroatoms. The van der Waals surface area contributed by atoms with Gasteiger partial charge in [-0.1, -0.05) is 11.2 Å². The van der Waals surface area contributed by atoms with Gasteiger partial charge in [0.15, 0.2) is 11.5 Å². The Bertz CT molecular complexity index is 790. The molecule has 0 saturated heterocycles. The van der Waals surface area contributed by atoms with Gasteiger partial charge in [-0.15, -0.1) is 0 Å². The molecule has 3 rings (SSSR count). The van der Waals surface area contributed by atoms with Crippen molar-refractivity contribution in [3.05, 3.63) is 54.0 Å². The van der Waals surface area contributed by atoms with Crippen LogP contribution < -0.4 is 10.1 Å². The van der Waals surface area contributed by atoms with E-state index in [4.69, 9.17) is 13.7 Å². The predicted molar refractivity (Wildman–Crippen MR) is 79.9 cm³/mol. The van der Waals surface area contributed by atoms with E-state index >= 15 is 0 Å². The molecule has 0 bridgehead atoms.